The third-order valence-corrected chi connectivity index (χ3v) is 5.95. The molecule has 2 heterocycles. The van der Waals surface area contributed by atoms with E-state index in [0.29, 0.717) is 22.5 Å². The van der Waals surface area contributed by atoms with Crippen LogP contribution in [-0.2, 0) is 16.0 Å². The molecule has 3 rings (SSSR count). The maximum Gasteiger partial charge on any atom is 0.311 e. The average Bonchev–Trinajstić information content (AvgIpc) is 3.28. The first kappa shape index (κ1) is 19.9. The SMILES string of the molecule is CCOC(=O)Cc1csc(S[C@H](C)/C(O)=C(\C#N)c2nc3ccccc3[nH]2)n1. The number of H-pyrrole nitrogens is 1. The Morgan fingerprint density at radius 2 is 2.21 bits per heavy atom. The van der Waals surface area contributed by atoms with Gasteiger partial charge < -0.3 is 14.8 Å². The fourth-order valence-electron chi connectivity index (χ4n) is 2.50. The quantitative estimate of drug-likeness (QED) is 0.259. The number of carbonyl (C=O) groups excluding carboxylic acids is 1. The van der Waals surface area contributed by atoms with Crippen molar-refractivity contribution in [2.24, 2.45) is 0 Å². The van der Waals surface area contributed by atoms with Crippen LogP contribution in [0.15, 0.2) is 39.7 Å². The van der Waals surface area contributed by atoms with Crippen LogP contribution in [0.4, 0.5) is 0 Å². The molecule has 2 N–H and O–H groups in total. The van der Waals surface area contributed by atoms with E-state index in [1.54, 1.807) is 19.2 Å². The lowest BCUT2D eigenvalue weighted by molar-refractivity contribution is -0.142. The Labute approximate surface area is 170 Å². The highest BCUT2D eigenvalue weighted by Gasteiger charge is 2.20. The van der Waals surface area contributed by atoms with E-state index in [9.17, 15) is 15.2 Å². The lowest BCUT2D eigenvalue weighted by Gasteiger charge is -2.09. The standard InChI is InChI=1S/C19H18N4O3S2/c1-3-26-16(24)8-12-10-27-19(21-12)28-11(2)17(25)13(9-20)18-22-14-6-4-5-7-15(14)23-18/h4-7,10-11,25H,3,8H2,1-2H3,(H,22,23)/b17-13-/t11-/m1/s1. The summed E-state index contributed by atoms with van der Waals surface area (Å²) in [6.45, 7) is 3.87. The van der Waals surface area contributed by atoms with E-state index in [1.165, 1.54) is 23.1 Å². The molecule has 7 nitrogen and oxygen atoms in total. The van der Waals surface area contributed by atoms with Gasteiger partial charge in [-0.1, -0.05) is 23.9 Å². The summed E-state index contributed by atoms with van der Waals surface area (Å²) in [7, 11) is 0. The number of para-hydroxylation sites is 2. The molecule has 0 saturated carbocycles. The van der Waals surface area contributed by atoms with Gasteiger partial charge in [0.05, 0.1) is 35.0 Å². The van der Waals surface area contributed by atoms with Gasteiger partial charge in [-0.05, 0) is 26.0 Å². The van der Waals surface area contributed by atoms with Gasteiger partial charge in [-0.2, -0.15) is 5.26 Å². The number of hydrogen-bond donors (Lipinski definition) is 2. The number of nitriles is 1. The smallest absolute Gasteiger partial charge is 0.311 e. The van der Waals surface area contributed by atoms with Crippen LogP contribution < -0.4 is 0 Å². The summed E-state index contributed by atoms with van der Waals surface area (Å²) in [4.78, 5) is 23.4. The maximum absolute atomic E-state index is 11.6. The van der Waals surface area contributed by atoms with Gasteiger partial charge in [-0.3, -0.25) is 4.79 Å². The van der Waals surface area contributed by atoms with E-state index in [2.05, 4.69) is 15.0 Å². The topological polar surface area (TPSA) is 112 Å². The van der Waals surface area contributed by atoms with Crippen molar-refractivity contribution >= 4 is 45.7 Å². The van der Waals surface area contributed by atoms with Crippen LogP contribution >= 0.6 is 23.1 Å². The molecule has 0 aliphatic heterocycles. The molecule has 1 aromatic carbocycles. The summed E-state index contributed by atoms with van der Waals surface area (Å²) < 4.78 is 5.61. The van der Waals surface area contributed by atoms with Crippen LogP contribution in [0.3, 0.4) is 0 Å². The number of esters is 1. The van der Waals surface area contributed by atoms with Crippen molar-refractivity contribution in [3.8, 4) is 6.07 Å². The number of allylic oxidation sites excluding steroid dienone is 1. The number of nitrogens with zero attached hydrogens (tertiary/aromatic N) is 3. The predicted molar refractivity (Wildman–Crippen MR) is 109 cm³/mol. The van der Waals surface area contributed by atoms with Crippen molar-refractivity contribution in [3.05, 3.63) is 46.9 Å². The highest BCUT2D eigenvalue weighted by molar-refractivity contribution is 8.01. The fourth-order valence-corrected chi connectivity index (χ4v) is 4.54. The van der Waals surface area contributed by atoms with E-state index < -0.39 is 5.25 Å². The molecular formula is C19H18N4O3S2. The molecule has 9 heteroatoms. The Balaban J connectivity index is 1.77. The van der Waals surface area contributed by atoms with Gasteiger partial charge >= 0.3 is 5.97 Å². The molecular weight excluding hydrogens is 396 g/mol. The van der Waals surface area contributed by atoms with Crippen molar-refractivity contribution in [2.45, 2.75) is 29.9 Å². The van der Waals surface area contributed by atoms with Crippen molar-refractivity contribution in [3.63, 3.8) is 0 Å². The van der Waals surface area contributed by atoms with Gasteiger partial charge in [0.2, 0.25) is 0 Å². The van der Waals surface area contributed by atoms with Crippen molar-refractivity contribution in [1.29, 1.82) is 5.26 Å². The van der Waals surface area contributed by atoms with Gasteiger partial charge in [-0.25, -0.2) is 9.97 Å². The number of hydrogen-bond acceptors (Lipinski definition) is 8. The Hall–Kier alpha value is -2.83. The second-order valence-corrected chi connectivity index (χ2v) is 8.27. The molecule has 3 aromatic rings. The Kier molecular flexibility index (Phi) is 6.34. The second kappa shape index (κ2) is 8.91. The third-order valence-electron chi connectivity index (χ3n) is 3.82. The molecule has 0 saturated heterocycles. The predicted octanol–water partition coefficient (Wildman–Crippen LogP) is 4.10. The lowest BCUT2D eigenvalue weighted by Crippen LogP contribution is -2.07. The fraction of sp³-hybridized carbons (Fsp3) is 0.263. The van der Waals surface area contributed by atoms with Crippen LogP contribution in [0.5, 0.6) is 0 Å². The van der Waals surface area contributed by atoms with Gasteiger partial charge in [0.1, 0.15) is 17.4 Å². The first-order chi connectivity index (χ1) is 13.5. The summed E-state index contributed by atoms with van der Waals surface area (Å²) in [5.74, 6) is -0.0683. The van der Waals surface area contributed by atoms with Crippen molar-refractivity contribution < 1.29 is 14.6 Å². The van der Waals surface area contributed by atoms with Gasteiger partial charge in [0.25, 0.3) is 0 Å². The van der Waals surface area contributed by atoms with Crippen molar-refractivity contribution in [1.82, 2.24) is 15.0 Å². The monoisotopic (exact) mass is 414 g/mol. The Morgan fingerprint density at radius 1 is 1.43 bits per heavy atom. The van der Waals surface area contributed by atoms with E-state index in [-0.39, 0.29) is 23.7 Å². The van der Waals surface area contributed by atoms with E-state index in [4.69, 9.17) is 4.74 Å². The number of rotatable bonds is 7. The molecule has 0 amide bonds. The number of thiazole rings is 1. The van der Waals surface area contributed by atoms with Gasteiger partial charge in [0, 0.05) is 5.38 Å². The number of nitrogens with one attached hydrogen (secondary N) is 1. The Morgan fingerprint density at radius 3 is 2.93 bits per heavy atom. The first-order valence-corrected chi connectivity index (χ1v) is 10.3. The number of carbonyl (C=O) groups is 1. The lowest BCUT2D eigenvalue weighted by atomic mass is 10.2. The molecule has 0 radical (unpaired) electrons. The third kappa shape index (κ3) is 4.52. The second-order valence-electron chi connectivity index (χ2n) is 5.82. The molecule has 0 bridgehead atoms. The molecule has 0 fully saturated rings. The number of fused-ring (bicyclic) bond motifs is 1. The molecule has 0 aliphatic rings. The molecule has 28 heavy (non-hydrogen) atoms. The highest BCUT2D eigenvalue weighted by Crippen LogP contribution is 2.32. The largest absolute Gasteiger partial charge is 0.510 e. The number of aliphatic hydroxyl groups is 1. The van der Waals surface area contributed by atoms with Crippen molar-refractivity contribution in [2.75, 3.05) is 6.61 Å². The molecule has 1 atom stereocenters. The normalized spacial score (nSPS) is 13.0. The summed E-state index contributed by atoms with van der Waals surface area (Å²) in [5.41, 5.74) is 2.24. The van der Waals surface area contributed by atoms with E-state index >= 15 is 0 Å². The number of aliphatic hydroxyl groups excluding tert-OH is 1. The van der Waals surface area contributed by atoms with E-state index in [1.807, 2.05) is 30.3 Å². The summed E-state index contributed by atoms with van der Waals surface area (Å²) in [5, 5.41) is 21.5. The molecule has 0 unspecified atom stereocenters. The van der Waals surface area contributed by atoms with Crippen LogP contribution in [0.1, 0.15) is 25.4 Å². The number of thioether (sulfide) groups is 1. The molecule has 2 aromatic heterocycles. The van der Waals surface area contributed by atoms with Gasteiger partial charge in [-0.15, -0.1) is 11.3 Å². The van der Waals surface area contributed by atoms with Crippen LogP contribution in [0, 0.1) is 11.3 Å². The van der Waals surface area contributed by atoms with Gasteiger partial charge in [0.15, 0.2) is 10.2 Å². The minimum absolute atomic E-state index is 0.0753. The zero-order chi connectivity index (χ0) is 20.1. The number of aromatic nitrogens is 3. The van der Waals surface area contributed by atoms with Crippen LogP contribution in [0.2, 0.25) is 0 Å². The minimum Gasteiger partial charge on any atom is -0.510 e. The van der Waals surface area contributed by atoms with E-state index in [0.717, 1.165) is 11.0 Å². The first-order valence-electron chi connectivity index (χ1n) is 8.56. The molecule has 0 spiro atoms. The maximum atomic E-state index is 11.6. The average molecular weight is 415 g/mol. The summed E-state index contributed by atoms with van der Waals surface area (Å²) in [6, 6.07) is 9.46. The Bertz CT molecular complexity index is 1030. The minimum atomic E-state index is -0.413. The van der Waals surface area contributed by atoms with Crippen LogP contribution in [-0.4, -0.2) is 37.9 Å². The summed E-state index contributed by atoms with van der Waals surface area (Å²) >= 11 is 2.69. The molecule has 0 aliphatic carbocycles. The number of ether oxygens (including phenoxy) is 1. The zero-order valence-corrected chi connectivity index (χ0v) is 16.9. The number of imidazole rings is 1. The zero-order valence-electron chi connectivity index (χ0n) is 15.3. The van der Waals surface area contributed by atoms with Crippen LogP contribution in [0.25, 0.3) is 16.6 Å². The summed E-state index contributed by atoms with van der Waals surface area (Å²) in [6.07, 6.45) is 0.115. The highest BCUT2D eigenvalue weighted by atomic mass is 32.2. The molecule has 144 valence electrons. The number of aromatic amines is 1. The number of benzene rings is 1.